The van der Waals surface area contributed by atoms with Gasteiger partial charge < -0.3 is 15.0 Å². The van der Waals surface area contributed by atoms with Crippen LogP contribution in [0.3, 0.4) is 0 Å². The number of hydrogen-bond acceptors (Lipinski definition) is 2. The molecule has 0 aromatic heterocycles. The zero-order valence-corrected chi connectivity index (χ0v) is 11.4. The molecule has 100 valence electrons. The first kappa shape index (κ1) is 14.3. The van der Waals surface area contributed by atoms with Crippen molar-refractivity contribution in [3.8, 4) is 0 Å². The Morgan fingerprint density at radius 3 is 2.88 bits per heavy atom. The minimum Gasteiger partial charge on any atom is -0.379 e. The summed E-state index contributed by atoms with van der Waals surface area (Å²) in [4.78, 5) is 13.9. The molecule has 1 aliphatic rings. The van der Waals surface area contributed by atoms with Crippen molar-refractivity contribution in [2.45, 2.75) is 58.6 Å². The summed E-state index contributed by atoms with van der Waals surface area (Å²) in [6.07, 6.45) is 4.69. The summed E-state index contributed by atoms with van der Waals surface area (Å²) in [5, 5.41) is 2.89. The van der Waals surface area contributed by atoms with E-state index >= 15 is 0 Å². The van der Waals surface area contributed by atoms with Gasteiger partial charge in [0.05, 0.1) is 6.10 Å². The number of amides is 2. The summed E-state index contributed by atoms with van der Waals surface area (Å²) in [5.74, 6) is 0. The van der Waals surface area contributed by atoms with Crippen LogP contribution in [0.2, 0.25) is 0 Å². The molecule has 4 nitrogen and oxygen atoms in total. The molecule has 0 radical (unpaired) electrons. The third-order valence-electron chi connectivity index (χ3n) is 3.12. The maximum Gasteiger partial charge on any atom is 0.317 e. The maximum absolute atomic E-state index is 11.9. The molecular formula is C13H26N2O2. The molecule has 0 aromatic rings. The quantitative estimate of drug-likeness (QED) is 0.804. The highest BCUT2D eigenvalue weighted by Gasteiger charge is 2.25. The Morgan fingerprint density at radius 1 is 1.47 bits per heavy atom. The van der Waals surface area contributed by atoms with Crippen LogP contribution in [-0.4, -0.2) is 42.8 Å². The summed E-state index contributed by atoms with van der Waals surface area (Å²) >= 11 is 0. The van der Waals surface area contributed by atoms with Crippen molar-refractivity contribution in [3.63, 3.8) is 0 Å². The predicted octanol–water partition coefficient (Wildman–Crippen LogP) is 2.39. The Morgan fingerprint density at radius 2 is 2.24 bits per heavy atom. The average Bonchev–Trinajstić information content (AvgIpc) is 2.29. The van der Waals surface area contributed by atoms with Crippen LogP contribution in [0.25, 0.3) is 0 Å². The molecule has 1 aliphatic heterocycles. The second-order valence-corrected chi connectivity index (χ2v) is 4.89. The first-order chi connectivity index (χ1) is 8.15. The molecule has 0 bridgehead atoms. The SMILES string of the molecule is CCNC(=O)N1CCCC[C@H]1CCOC(C)C. The van der Waals surface area contributed by atoms with E-state index in [1.807, 2.05) is 25.7 Å². The Hall–Kier alpha value is -0.770. The predicted molar refractivity (Wildman–Crippen MR) is 69.1 cm³/mol. The van der Waals surface area contributed by atoms with Crippen molar-refractivity contribution < 1.29 is 9.53 Å². The zero-order chi connectivity index (χ0) is 12.7. The van der Waals surface area contributed by atoms with Crippen molar-refractivity contribution in [2.75, 3.05) is 19.7 Å². The number of hydrogen-bond donors (Lipinski definition) is 1. The molecule has 1 N–H and O–H groups in total. The number of rotatable bonds is 5. The van der Waals surface area contributed by atoms with Gasteiger partial charge in [-0.1, -0.05) is 0 Å². The van der Waals surface area contributed by atoms with Crippen LogP contribution in [0, 0.1) is 0 Å². The molecule has 1 atom stereocenters. The van der Waals surface area contributed by atoms with Gasteiger partial charge in [-0.2, -0.15) is 0 Å². The lowest BCUT2D eigenvalue weighted by Gasteiger charge is -2.35. The summed E-state index contributed by atoms with van der Waals surface area (Å²) in [5.41, 5.74) is 0. The van der Waals surface area contributed by atoms with E-state index < -0.39 is 0 Å². The lowest BCUT2D eigenvalue weighted by atomic mass is 10.00. The molecule has 1 heterocycles. The van der Waals surface area contributed by atoms with Crippen LogP contribution in [0.4, 0.5) is 4.79 Å². The van der Waals surface area contributed by atoms with Gasteiger partial charge in [-0.05, 0) is 46.5 Å². The third-order valence-corrected chi connectivity index (χ3v) is 3.12. The fourth-order valence-corrected chi connectivity index (χ4v) is 2.26. The van der Waals surface area contributed by atoms with Crippen molar-refractivity contribution in [3.05, 3.63) is 0 Å². The maximum atomic E-state index is 11.9. The van der Waals surface area contributed by atoms with Gasteiger partial charge in [0.2, 0.25) is 0 Å². The first-order valence-corrected chi connectivity index (χ1v) is 6.81. The molecule has 2 amide bonds. The molecule has 17 heavy (non-hydrogen) atoms. The molecule has 0 aromatic carbocycles. The van der Waals surface area contributed by atoms with E-state index in [0.717, 1.165) is 32.4 Å². The van der Waals surface area contributed by atoms with Crippen molar-refractivity contribution >= 4 is 6.03 Å². The molecule has 0 aliphatic carbocycles. The smallest absolute Gasteiger partial charge is 0.317 e. The minimum absolute atomic E-state index is 0.0850. The number of ether oxygens (including phenoxy) is 1. The monoisotopic (exact) mass is 242 g/mol. The highest BCUT2D eigenvalue weighted by Crippen LogP contribution is 2.19. The molecule has 0 saturated carbocycles. The molecule has 1 rings (SSSR count). The Labute approximate surface area is 105 Å². The number of carbonyl (C=O) groups excluding carboxylic acids is 1. The molecule has 1 fully saturated rings. The largest absolute Gasteiger partial charge is 0.379 e. The number of urea groups is 1. The standard InChI is InChI=1S/C13H26N2O2/c1-4-14-13(16)15-9-6-5-7-12(15)8-10-17-11(2)3/h11-12H,4-10H2,1-3H3,(H,14,16)/t12-/m0/s1. The van der Waals surface area contributed by atoms with Crippen LogP contribution in [-0.2, 0) is 4.74 Å². The molecule has 1 saturated heterocycles. The Kier molecular flexibility index (Phi) is 6.34. The van der Waals surface area contributed by atoms with Gasteiger partial charge in [0.1, 0.15) is 0 Å². The molecule has 0 unspecified atom stereocenters. The van der Waals surface area contributed by atoms with E-state index in [9.17, 15) is 4.79 Å². The van der Waals surface area contributed by atoms with Crippen molar-refractivity contribution in [1.82, 2.24) is 10.2 Å². The van der Waals surface area contributed by atoms with Gasteiger partial charge >= 0.3 is 6.03 Å². The van der Waals surface area contributed by atoms with E-state index in [1.165, 1.54) is 6.42 Å². The zero-order valence-electron chi connectivity index (χ0n) is 11.4. The normalized spacial score (nSPS) is 20.7. The van der Waals surface area contributed by atoms with E-state index in [0.29, 0.717) is 12.6 Å². The molecule has 0 spiro atoms. The number of nitrogens with zero attached hydrogens (tertiary/aromatic N) is 1. The fraction of sp³-hybridized carbons (Fsp3) is 0.923. The number of carbonyl (C=O) groups is 1. The van der Waals surface area contributed by atoms with Crippen LogP contribution >= 0.6 is 0 Å². The Bertz CT molecular complexity index is 231. The van der Waals surface area contributed by atoms with E-state index in [1.54, 1.807) is 0 Å². The second kappa shape index (κ2) is 7.54. The summed E-state index contributed by atoms with van der Waals surface area (Å²) in [7, 11) is 0. The summed E-state index contributed by atoms with van der Waals surface area (Å²) in [6, 6.07) is 0.441. The third kappa shape index (κ3) is 4.94. The van der Waals surface area contributed by atoms with Gasteiger partial charge in [0, 0.05) is 25.7 Å². The molecular weight excluding hydrogens is 216 g/mol. The van der Waals surface area contributed by atoms with Gasteiger partial charge in [0.15, 0.2) is 0 Å². The van der Waals surface area contributed by atoms with Gasteiger partial charge in [-0.15, -0.1) is 0 Å². The summed E-state index contributed by atoms with van der Waals surface area (Å²) < 4.78 is 5.57. The van der Waals surface area contributed by atoms with Gasteiger partial charge in [0.25, 0.3) is 0 Å². The highest BCUT2D eigenvalue weighted by atomic mass is 16.5. The van der Waals surface area contributed by atoms with Crippen LogP contribution in [0.15, 0.2) is 0 Å². The number of piperidine rings is 1. The molecule has 4 heteroatoms. The van der Waals surface area contributed by atoms with Crippen LogP contribution in [0.1, 0.15) is 46.5 Å². The lowest BCUT2D eigenvalue weighted by Crippen LogP contribution is -2.49. The lowest BCUT2D eigenvalue weighted by molar-refractivity contribution is 0.0554. The minimum atomic E-state index is 0.0850. The van der Waals surface area contributed by atoms with Crippen LogP contribution < -0.4 is 5.32 Å². The van der Waals surface area contributed by atoms with Crippen LogP contribution in [0.5, 0.6) is 0 Å². The first-order valence-electron chi connectivity index (χ1n) is 6.81. The van der Waals surface area contributed by atoms with E-state index in [-0.39, 0.29) is 12.1 Å². The fourth-order valence-electron chi connectivity index (χ4n) is 2.26. The number of likely N-dealkylation sites (tertiary alicyclic amines) is 1. The highest BCUT2D eigenvalue weighted by molar-refractivity contribution is 5.74. The van der Waals surface area contributed by atoms with E-state index in [4.69, 9.17) is 4.74 Å². The van der Waals surface area contributed by atoms with Crippen molar-refractivity contribution in [2.24, 2.45) is 0 Å². The van der Waals surface area contributed by atoms with Gasteiger partial charge in [-0.3, -0.25) is 0 Å². The second-order valence-electron chi connectivity index (χ2n) is 4.89. The summed E-state index contributed by atoms with van der Waals surface area (Å²) in [6.45, 7) is 8.38. The van der Waals surface area contributed by atoms with Crippen molar-refractivity contribution in [1.29, 1.82) is 0 Å². The van der Waals surface area contributed by atoms with Gasteiger partial charge in [-0.25, -0.2) is 4.79 Å². The average molecular weight is 242 g/mol. The number of nitrogens with one attached hydrogen (secondary N) is 1. The Balaban J connectivity index is 2.39. The topological polar surface area (TPSA) is 41.6 Å². The van der Waals surface area contributed by atoms with E-state index in [2.05, 4.69) is 5.32 Å².